The SMILES string of the molecule is COc1cccc(CCNCc2c(C)nn(C)c2C)c1. The zero-order chi connectivity index (χ0) is 14.5. The van der Waals surface area contributed by atoms with Crippen LogP contribution in [0.1, 0.15) is 22.5 Å². The molecule has 2 rings (SSSR count). The Morgan fingerprint density at radius 1 is 1.30 bits per heavy atom. The molecule has 0 atom stereocenters. The summed E-state index contributed by atoms with van der Waals surface area (Å²) in [5.41, 5.74) is 4.94. The zero-order valence-corrected chi connectivity index (χ0v) is 12.7. The molecule has 0 aliphatic heterocycles. The fourth-order valence-electron chi connectivity index (χ4n) is 2.35. The van der Waals surface area contributed by atoms with Crippen molar-refractivity contribution in [2.45, 2.75) is 26.8 Å². The minimum atomic E-state index is 0.871. The molecule has 4 nitrogen and oxygen atoms in total. The van der Waals surface area contributed by atoms with Crippen LogP contribution in [0.4, 0.5) is 0 Å². The van der Waals surface area contributed by atoms with Crippen LogP contribution in [0.3, 0.4) is 0 Å². The molecule has 1 aromatic carbocycles. The lowest BCUT2D eigenvalue weighted by molar-refractivity contribution is 0.414. The van der Waals surface area contributed by atoms with E-state index >= 15 is 0 Å². The van der Waals surface area contributed by atoms with E-state index in [1.165, 1.54) is 16.8 Å². The second kappa shape index (κ2) is 6.57. The average molecular weight is 273 g/mol. The van der Waals surface area contributed by atoms with Gasteiger partial charge in [-0.1, -0.05) is 12.1 Å². The summed E-state index contributed by atoms with van der Waals surface area (Å²) in [6.45, 7) is 5.99. The third-order valence-electron chi connectivity index (χ3n) is 3.69. The normalized spacial score (nSPS) is 10.8. The summed E-state index contributed by atoms with van der Waals surface area (Å²) in [5, 5.41) is 7.92. The highest BCUT2D eigenvalue weighted by molar-refractivity contribution is 5.28. The van der Waals surface area contributed by atoms with Crippen LogP contribution in [0, 0.1) is 13.8 Å². The number of methoxy groups -OCH3 is 1. The highest BCUT2D eigenvalue weighted by atomic mass is 16.5. The molecule has 0 fully saturated rings. The maximum Gasteiger partial charge on any atom is 0.119 e. The van der Waals surface area contributed by atoms with Crippen LogP contribution >= 0.6 is 0 Å². The monoisotopic (exact) mass is 273 g/mol. The second-order valence-electron chi connectivity index (χ2n) is 5.05. The van der Waals surface area contributed by atoms with Crippen LogP contribution in [-0.2, 0) is 20.0 Å². The van der Waals surface area contributed by atoms with Crippen molar-refractivity contribution in [2.24, 2.45) is 7.05 Å². The molecule has 4 heteroatoms. The van der Waals surface area contributed by atoms with E-state index in [2.05, 4.69) is 36.4 Å². The molecule has 0 amide bonds. The van der Waals surface area contributed by atoms with E-state index in [0.29, 0.717) is 0 Å². The summed E-state index contributed by atoms with van der Waals surface area (Å²) in [5.74, 6) is 0.918. The van der Waals surface area contributed by atoms with Gasteiger partial charge in [0.2, 0.25) is 0 Å². The molecule has 0 spiro atoms. The first-order valence-corrected chi connectivity index (χ1v) is 6.94. The Bertz CT molecular complexity index is 575. The summed E-state index contributed by atoms with van der Waals surface area (Å²) < 4.78 is 7.17. The van der Waals surface area contributed by atoms with Gasteiger partial charge < -0.3 is 10.1 Å². The van der Waals surface area contributed by atoms with Gasteiger partial charge in [0.1, 0.15) is 5.75 Å². The molecule has 0 saturated carbocycles. The molecule has 0 unspecified atom stereocenters. The Morgan fingerprint density at radius 3 is 2.75 bits per heavy atom. The summed E-state index contributed by atoms with van der Waals surface area (Å²) in [4.78, 5) is 0. The number of hydrogen-bond donors (Lipinski definition) is 1. The molecule has 2 aromatic rings. The first-order chi connectivity index (χ1) is 9.61. The molecule has 20 heavy (non-hydrogen) atoms. The van der Waals surface area contributed by atoms with Gasteiger partial charge in [0.05, 0.1) is 12.8 Å². The van der Waals surface area contributed by atoms with Gasteiger partial charge in [-0.15, -0.1) is 0 Å². The van der Waals surface area contributed by atoms with Crippen LogP contribution in [0.15, 0.2) is 24.3 Å². The lowest BCUT2D eigenvalue weighted by Crippen LogP contribution is -2.17. The molecule has 0 aliphatic carbocycles. The number of ether oxygens (including phenoxy) is 1. The van der Waals surface area contributed by atoms with Crippen LogP contribution in [0.5, 0.6) is 5.75 Å². The van der Waals surface area contributed by atoms with Gasteiger partial charge in [-0.05, 0) is 44.5 Å². The van der Waals surface area contributed by atoms with Crippen molar-refractivity contribution in [2.75, 3.05) is 13.7 Å². The fraction of sp³-hybridized carbons (Fsp3) is 0.438. The summed E-state index contributed by atoms with van der Waals surface area (Å²) in [7, 11) is 3.69. The molecule has 0 saturated heterocycles. The Balaban J connectivity index is 1.84. The molecular formula is C16H23N3O. The number of aryl methyl sites for hydroxylation is 2. The third kappa shape index (κ3) is 3.39. The van der Waals surface area contributed by atoms with Crippen LogP contribution < -0.4 is 10.1 Å². The molecule has 1 heterocycles. The molecule has 1 aromatic heterocycles. The van der Waals surface area contributed by atoms with E-state index in [9.17, 15) is 0 Å². The van der Waals surface area contributed by atoms with Gasteiger partial charge in [-0.25, -0.2) is 0 Å². The number of rotatable bonds is 6. The summed E-state index contributed by atoms with van der Waals surface area (Å²) in [6, 6.07) is 8.22. The number of benzene rings is 1. The van der Waals surface area contributed by atoms with Gasteiger partial charge in [-0.3, -0.25) is 4.68 Å². The Labute approximate surface area is 120 Å². The predicted octanol–water partition coefficient (Wildman–Crippen LogP) is 2.38. The summed E-state index contributed by atoms with van der Waals surface area (Å²) in [6.07, 6.45) is 0.996. The van der Waals surface area contributed by atoms with E-state index < -0.39 is 0 Å². The van der Waals surface area contributed by atoms with Crippen molar-refractivity contribution >= 4 is 0 Å². The lowest BCUT2D eigenvalue weighted by atomic mass is 10.1. The number of hydrogen-bond acceptors (Lipinski definition) is 3. The molecule has 0 bridgehead atoms. The number of nitrogens with zero attached hydrogens (tertiary/aromatic N) is 2. The first kappa shape index (κ1) is 14.6. The molecule has 1 N–H and O–H groups in total. The topological polar surface area (TPSA) is 39.1 Å². The van der Waals surface area contributed by atoms with Crippen molar-refractivity contribution in [3.05, 3.63) is 46.8 Å². The highest BCUT2D eigenvalue weighted by Crippen LogP contribution is 2.13. The number of aromatic nitrogens is 2. The van der Waals surface area contributed by atoms with Crippen LogP contribution in [0.25, 0.3) is 0 Å². The second-order valence-corrected chi connectivity index (χ2v) is 5.05. The van der Waals surface area contributed by atoms with E-state index in [0.717, 1.165) is 31.0 Å². The zero-order valence-electron chi connectivity index (χ0n) is 12.7. The minimum Gasteiger partial charge on any atom is -0.497 e. The Hall–Kier alpha value is -1.81. The minimum absolute atomic E-state index is 0.871. The predicted molar refractivity (Wildman–Crippen MR) is 81.1 cm³/mol. The molecule has 0 radical (unpaired) electrons. The van der Waals surface area contributed by atoms with Gasteiger partial charge in [0, 0.05) is 24.8 Å². The highest BCUT2D eigenvalue weighted by Gasteiger charge is 2.08. The fourth-order valence-corrected chi connectivity index (χ4v) is 2.35. The maximum atomic E-state index is 5.23. The number of nitrogens with one attached hydrogen (secondary N) is 1. The van der Waals surface area contributed by atoms with Crippen molar-refractivity contribution < 1.29 is 4.74 Å². The lowest BCUT2D eigenvalue weighted by Gasteiger charge is -2.07. The largest absolute Gasteiger partial charge is 0.497 e. The van der Waals surface area contributed by atoms with Crippen molar-refractivity contribution in [1.29, 1.82) is 0 Å². The Kier molecular flexibility index (Phi) is 4.79. The van der Waals surface area contributed by atoms with Gasteiger partial charge in [0.25, 0.3) is 0 Å². The third-order valence-corrected chi connectivity index (χ3v) is 3.69. The van der Waals surface area contributed by atoms with Crippen molar-refractivity contribution in [3.8, 4) is 5.75 Å². The van der Waals surface area contributed by atoms with Crippen molar-refractivity contribution in [1.82, 2.24) is 15.1 Å². The van der Waals surface area contributed by atoms with Crippen molar-refractivity contribution in [3.63, 3.8) is 0 Å². The quantitative estimate of drug-likeness (QED) is 0.821. The Morgan fingerprint density at radius 2 is 2.10 bits per heavy atom. The van der Waals surface area contributed by atoms with Gasteiger partial charge >= 0.3 is 0 Å². The van der Waals surface area contributed by atoms with E-state index in [-0.39, 0.29) is 0 Å². The molecule has 108 valence electrons. The van der Waals surface area contributed by atoms with Gasteiger partial charge in [0.15, 0.2) is 0 Å². The molecule has 0 aliphatic rings. The summed E-state index contributed by atoms with van der Waals surface area (Å²) >= 11 is 0. The van der Waals surface area contributed by atoms with E-state index in [1.807, 2.05) is 23.9 Å². The molecular weight excluding hydrogens is 250 g/mol. The standard InChI is InChI=1S/C16H23N3O/c1-12-16(13(2)19(3)18-12)11-17-9-8-14-6-5-7-15(10-14)20-4/h5-7,10,17H,8-9,11H2,1-4H3. The maximum absolute atomic E-state index is 5.23. The van der Waals surface area contributed by atoms with Crippen LogP contribution in [0.2, 0.25) is 0 Å². The smallest absolute Gasteiger partial charge is 0.119 e. The van der Waals surface area contributed by atoms with E-state index in [1.54, 1.807) is 7.11 Å². The van der Waals surface area contributed by atoms with Crippen LogP contribution in [-0.4, -0.2) is 23.4 Å². The van der Waals surface area contributed by atoms with E-state index in [4.69, 9.17) is 4.74 Å². The van der Waals surface area contributed by atoms with Gasteiger partial charge in [-0.2, -0.15) is 5.10 Å². The average Bonchev–Trinajstić information content (AvgIpc) is 2.69. The first-order valence-electron chi connectivity index (χ1n) is 6.94.